The predicted molar refractivity (Wildman–Crippen MR) is 73.7 cm³/mol. The third-order valence-electron chi connectivity index (χ3n) is 2.45. The van der Waals surface area contributed by atoms with Crippen molar-refractivity contribution in [3.63, 3.8) is 0 Å². The number of nitrogens with zero attached hydrogens (tertiary/aromatic N) is 1. The molecule has 1 aromatic rings. The van der Waals surface area contributed by atoms with E-state index in [-0.39, 0.29) is 5.92 Å². The molecule has 0 aliphatic carbocycles. The van der Waals surface area contributed by atoms with E-state index in [2.05, 4.69) is 0 Å². The monoisotopic (exact) mass is 283 g/mol. The van der Waals surface area contributed by atoms with Crippen LogP contribution in [0.5, 0.6) is 0 Å². The Hall–Kier alpha value is -1.18. The van der Waals surface area contributed by atoms with Gasteiger partial charge in [-0.2, -0.15) is 5.26 Å². The Bertz CT molecular complexity index is 482. The first kappa shape index (κ1) is 14.9. The van der Waals surface area contributed by atoms with Crippen LogP contribution in [0.3, 0.4) is 0 Å². The molecule has 96 valence electrons. The fraction of sp³-hybridized carbons (Fsp3) is 0.385. The maximum absolute atomic E-state index is 11.1. The van der Waals surface area contributed by atoms with Gasteiger partial charge in [0, 0.05) is 10.8 Å². The molecule has 0 saturated carbocycles. The molecule has 5 heteroatoms. The third-order valence-corrected chi connectivity index (χ3v) is 4.38. The largest absolute Gasteiger partial charge is 0.480 e. The van der Waals surface area contributed by atoms with Crippen LogP contribution >= 0.6 is 23.4 Å². The average molecular weight is 284 g/mol. The van der Waals surface area contributed by atoms with E-state index in [1.54, 1.807) is 18.2 Å². The van der Waals surface area contributed by atoms with Crippen LogP contribution in [0.15, 0.2) is 18.2 Å². The fourth-order valence-corrected chi connectivity index (χ4v) is 2.93. The summed E-state index contributed by atoms with van der Waals surface area (Å²) in [5.41, 5.74) is 1.36. The van der Waals surface area contributed by atoms with Crippen molar-refractivity contribution in [1.29, 1.82) is 5.26 Å². The zero-order chi connectivity index (χ0) is 13.7. The molecule has 0 aliphatic heterocycles. The van der Waals surface area contributed by atoms with Gasteiger partial charge in [-0.3, -0.25) is 4.79 Å². The number of halogens is 1. The summed E-state index contributed by atoms with van der Waals surface area (Å²) in [6.07, 6.45) is 0. The minimum absolute atomic E-state index is 0.0599. The van der Waals surface area contributed by atoms with Crippen molar-refractivity contribution < 1.29 is 9.90 Å². The quantitative estimate of drug-likeness (QED) is 0.897. The zero-order valence-electron chi connectivity index (χ0n) is 10.2. The van der Waals surface area contributed by atoms with E-state index in [0.717, 1.165) is 5.56 Å². The van der Waals surface area contributed by atoms with Gasteiger partial charge in [0.2, 0.25) is 0 Å². The Labute approximate surface area is 116 Å². The van der Waals surface area contributed by atoms with E-state index < -0.39 is 11.2 Å². The Morgan fingerprint density at radius 1 is 1.56 bits per heavy atom. The summed E-state index contributed by atoms with van der Waals surface area (Å²) in [5, 5.41) is 17.9. The molecule has 0 saturated heterocycles. The molecule has 0 amide bonds. The van der Waals surface area contributed by atoms with E-state index >= 15 is 0 Å². The molecule has 0 aliphatic rings. The van der Waals surface area contributed by atoms with Gasteiger partial charge in [-0.25, -0.2) is 0 Å². The summed E-state index contributed by atoms with van der Waals surface area (Å²) in [7, 11) is 0. The first-order valence-electron chi connectivity index (χ1n) is 5.48. The minimum Gasteiger partial charge on any atom is -0.480 e. The summed E-state index contributed by atoms with van der Waals surface area (Å²) in [5.74, 6) is -0.218. The number of hydrogen-bond acceptors (Lipinski definition) is 3. The minimum atomic E-state index is -0.806. The summed E-state index contributed by atoms with van der Waals surface area (Å²) in [6.45, 7) is 3.76. The summed E-state index contributed by atoms with van der Waals surface area (Å²) in [4.78, 5) is 11.1. The first-order valence-corrected chi connectivity index (χ1v) is 6.91. The molecule has 1 unspecified atom stereocenters. The highest BCUT2D eigenvalue weighted by atomic mass is 35.5. The molecule has 18 heavy (non-hydrogen) atoms. The number of thioether (sulfide) groups is 1. The number of rotatable bonds is 5. The van der Waals surface area contributed by atoms with Gasteiger partial charge in [-0.15, -0.1) is 11.8 Å². The average Bonchev–Trinajstić information content (AvgIpc) is 2.30. The Balaban J connectivity index is 2.74. The summed E-state index contributed by atoms with van der Waals surface area (Å²) < 4.78 is 0. The number of carboxylic acids is 1. The van der Waals surface area contributed by atoms with Gasteiger partial charge in [0.05, 0.1) is 11.6 Å². The summed E-state index contributed by atoms with van der Waals surface area (Å²) >= 11 is 7.39. The van der Waals surface area contributed by atoms with Crippen molar-refractivity contribution >= 4 is 29.3 Å². The number of carboxylic acid groups (broad SMARTS) is 1. The Morgan fingerprint density at radius 3 is 2.67 bits per heavy atom. The lowest BCUT2D eigenvalue weighted by molar-refractivity contribution is -0.137. The summed E-state index contributed by atoms with van der Waals surface area (Å²) in [6, 6.07) is 7.07. The number of hydrogen-bond donors (Lipinski definition) is 1. The second kappa shape index (κ2) is 6.67. The van der Waals surface area contributed by atoms with Gasteiger partial charge in [-0.1, -0.05) is 31.5 Å². The van der Waals surface area contributed by atoms with Crippen LogP contribution in [0.2, 0.25) is 5.02 Å². The van der Waals surface area contributed by atoms with Gasteiger partial charge in [-0.05, 0) is 23.6 Å². The van der Waals surface area contributed by atoms with Gasteiger partial charge < -0.3 is 5.11 Å². The Kier molecular flexibility index (Phi) is 5.52. The third kappa shape index (κ3) is 3.94. The molecule has 3 nitrogen and oxygen atoms in total. The lowest BCUT2D eigenvalue weighted by Crippen LogP contribution is -2.22. The van der Waals surface area contributed by atoms with Crippen molar-refractivity contribution in [2.45, 2.75) is 24.9 Å². The van der Waals surface area contributed by atoms with Crippen LogP contribution in [-0.4, -0.2) is 16.3 Å². The smallest absolute Gasteiger partial charge is 0.316 e. The van der Waals surface area contributed by atoms with Crippen molar-refractivity contribution in [1.82, 2.24) is 0 Å². The van der Waals surface area contributed by atoms with Gasteiger partial charge in [0.1, 0.15) is 5.25 Å². The van der Waals surface area contributed by atoms with Crippen LogP contribution in [0.25, 0.3) is 0 Å². The molecule has 0 fully saturated rings. The van der Waals surface area contributed by atoms with Crippen molar-refractivity contribution in [2.24, 2.45) is 5.92 Å². The first-order chi connectivity index (χ1) is 8.45. The SMILES string of the molecule is CC(C)C(SCc1ccc(C#N)cc1Cl)C(=O)O. The molecule has 1 aromatic carbocycles. The zero-order valence-corrected chi connectivity index (χ0v) is 11.8. The van der Waals surface area contributed by atoms with E-state index in [4.69, 9.17) is 22.0 Å². The molecular formula is C13H14ClNO2S. The van der Waals surface area contributed by atoms with E-state index in [1.165, 1.54) is 11.8 Å². The molecule has 0 radical (unpaired) electrons. The molecule has 0 bridgehead atoms. The highest BCUT2D eigenvalue weighted by molar-refractivity contribution is 7.99. The molecule has 0 spiro atoms. The van der Waals surface area contributed by atoms with Gasteiger partial charge in [0.25, 0.3) is 0 Å². The number of carbonyl (C=O) groups is 1. The molecule has 1 atom stereocenters. The van der Waals surface area contributed by atoms with Crippen molar-refractivity contribution in [3.8, 4) is 6.07 Å². The van der Waals surface area contributed by atoms with Crippen LogP contribution in [0.1, 0.15) is 25.0 Å². The van der Waals surface area contributed by atoms with Crippen LogP contribution in [0.4, 0.5) is 0 Å². The second-order valence-corrected chi connectivity index (χ2v) is 5.77. The van der Waals surface area contributed by atoms with Crippen LogP contribution in [0, 0.1) is 17.2 Å². The lowest BCUT2D eigenvalue weighted by atomic mass is 10.1. The van der Waals surface area contributed by atoms with E-state index in [0.29, 0.717) is 16.3 Å². The molecule has 0 aromatic heterocycles. The number of nitriles is 1. The maximum Gasteiger partial charge on any atom is 0.316 e. The standard InChI is InChI=1S/C13H14ClNO2S/c1-8(2)12(13(16)17)18-7-10-4-3-9(6-15)5-11(10)14/h3-5,8,12H,7H2,1-2H3,(H,16,17). The topological polar surface area (TPSA) is 61.1 Å². The van der Waals surface area contributed by atoms with Crippen molar-refractivity contribution in [3.05, 3.63) is 34.3 Å². The van der Waals surface area contributed by atoms with Crippen LogP contribution < -0.4 is 0 Å². The van der Waals surface area contributed by atoms with Gasteiger partial charge >= 0.3 is 5.97 Å². The fourth-order valence-electron chi connectivity index (χ4n) is 1.46. The number of aliphatic carboxylic acids is 1. The normalized spacial score (nSPS) is 12.2. The lowest BCUT2D eigenvalue weighted by Gasteiger charge is -2.16. The number of benzene rings is 1. The molecule has 0 heterocycles. The van der Waals surface area contributed by atoms with E-state index in [1.807, 2.05) is 19.9 Å². The highest BCUT2D eigenvalue weighted by Crippen LogP contribution is 2.28. The Morgan fingerprint density at radius 2 is 2.22 bits per heavy atom. The van der Waals surface area contributed by atoms with Crippen molar-refractivity contribution in [2.75, 3.05) is 0 Å². The highest BCUT2D eigenvalue weighted by Gasteiger charge is 2.22. The second-order valence-electron chi connectivity index (χ2n) is 4.23. The predicted octanol–water partition coefficient (Wildman–Crippen LogP) is 3.55. The van der Waals surface area contributed by atoms with E-state index in [9.17, 15) is 4.79 Å². The van der Waals surface area contributed by atoms with Gasteiger partial charge in [0.15, 0.2) is 0 Å². The molecule has 1 rings (SSSR count). The molecule has 1 N–H and O–H groups in total. The molecular weight excluding hydrogens is 270 g/mol. The van der Waals surface area contributed by atoms with Crippen LogP contribution in [-0.2, 0) is 10.5 Å². The maximum atomic E-state index is 11.1.